The van der Waals surface area contributed by atoms with Gasteiger partial charge in [-0.1, -0.05) is 31.2 Å². The number of nitrogens with one attached hydrogen (secondary N) is 1. The van der Waals surface area contributed by atoms with E-state index in [2.05, 4.69) is 45.3 Å². The zero-order chi connectivity index (χ0) is 28.2. The fourth-order valence-electron chi connectivity index (χ4n) is 5.03. The molecular weight excluding hydrogens is 507 g/mol. The molecule has 1 atom stereocenters. The monoisotopic (exact) mass is 540 g/mol. The number of rotatable bonds is 10. The number of aromatic nitrogens is 5. The van der Waals surface area contributed by atoms with Gasteiger partial charge in [0.05, 0.1) is 19.7 Å². The Hall–Kier alpha value is -4.37. The first-order valence-electron chi connectivity index (χ1n) is 13.3. The largest absolute Gasteiger partial charge is 0.497 e. The molecule has 40 heavy (non-hydrogen) atoms. The van der Waals surface area contributed by atoms with Crippen molar-refractivity contribution in [2.45, 2.75) is 52.9 Å². The maximum absolute atomic E-state index is 13.5. The van der Waals surface area contributed by atoms with Gasteiger partial charge in [-0.2, -0.15) is 0 Å². The van der Waals surface area contributed by atoms with Gasteiger partial charge in [0.1, 0.15) is 11.6 Å². The van der Waals surface area contributed by atoms with Gasteiger partial charge in [0.25, 0.3) is 5.56 Å². The first-order chi connectivity index (χ1) is 19.3. The minimum atomic E-state index is -0.288. The topological polar surface area (TPSA) is 88.9 Å². The molecule has 0 aliphatic heterocycles. The van der Waals surface area contributed by atoms with E-state index in [1.807, 2.05) is 43.3 Å². The number of aryl methyl sites for hydroxylation is 2. The van der Waals surface area contributed by atoms with Gasteiger partial charge >= 0.3 is 0 Å². The Balaban J connectivity index is 1.52. The van der Waals surface area contributed by atoms with Crippen LogP contribution < -0.4 is 10.3 Å². The quantitative estimate of drug-likeness (QED) is 0.252. The minimum Gasteiger partial charge on any atom is -0.497 e. The fraction of sp³-hybridized carbons (Fsp3) is 0.290. The molecule has 1 unspecified atom stereocenters. The number of benzene rings is 3. The van der Waals surface area contributed by atoms with Crippen LogP contribution in [0.5, 0.6) is 5.75 Å². The molecule has 2 heterocycles. The molecule has 5 aromatic rings. The summed E-state index contributed by atoms with van der Waals surface area (Å²) >= 11 is 0. The van der Waals surface area contributed by atoms with E-state index >= 15 is 0 Å². The zero-order valence-corrected chi connectivity index (χ0v) is 23.2. The van der Waals surface area contributed by atoms with E-state index in [9.17, 15) is 9.18 Å². The van der Waals surface area contributed by atoms with E-state index in [1.165, 1.54) is 17.7 Å². The van der Waals surface area contributed by atoms with Gasteiger partial charge in [-0.05, 0) is 101 Å². The van der Waals surface area contributed by atoms with Crippen molar-refractivity contribution in [1.82, 2.24) is 30.1 Å². The molecule has 0 saturated heterocycles. The van der Waals surface area contributed by atoms with Crippen LogP contribution in [0.4, 0.5) is 4.39 Å². The van der Waals surface area contributed by atoms with Crippen molar-refractivity contribution in [3.05, 3.63) is 117 Å². The fourth-order valence-corrected chi connectivity index (χ4v) is 5.03. The second-order valence-corrected chi connectivity index (χ2v) is 10.1. The van der Waals surface area contributed by atoms with Crippen molar-refractivity contribution >= 4 is 10.9 Å². The van der Waals surface area contributed by atoms with Crippen molar-refractivity contribution in [2.24, 2.45) is 0 Å². The Morgan fingerprint density at radius 2 is 1.68 bits per heavy atom. The van der Waals surface area contributed by atoms with Crippen LogP contribution in [-0.2, 0) is 19.6 Å². The van der Waals surface area contributed by atoms with Crippen LogP contribution in [0, 0.1) is 19.7 Å². The molecule has 0 amide bonds. The highest BCUT2D eigenvalue weighted by Gasteiger charge is 2.26. The summed E-state index contributed by atoms with van der Waals surface area (Å²) in [6.07, 6.45) is 0.712. The molecule has 0 aliphatic rings. The Morgan fingerprint density at radius 1 is 0.975 bits per heavy atom. The minimum absolute atomic E-state index is 0.115. The average molecular weight is 541 g/mol. The van der Waals surface area contributed by atoms with Gasteiger partial charge < -0.3 is 9.72 Å². The van der Waals surface area contributed by atoms with Crippen LogP contribution in [0.3, 0.4) is 0 Å². The molecule has 0 bridgehead atoms. The number of hydrogen-bond donors (Lipinski definition) is 1. The van der Waals surface area contributed by atoms with Crippen molar-refractivity contribution in [3.63, 3.8) is 0 Å². The normalized spacial score (nSPS) is 12.2. The smallest absolute Gasteiger partial charge is 0.252 e. The zero-order valence-electron chi connectivity index (χ0n) is 23.2. The van der Waals surface area contributed by atoms with Crippen molar-refractivity contribution < 1.29 is 9.13 Å². The van der Waals surface area contributed by atoms with Crippen LogP contribution >= 0.6 is 0 Å². The Bertz CT molecular complexity index is 1660. The lowest BCUT2D eigenvalue weighted by molar-refractivity contribution is 0.161. The lowest BCUT2D eigenvalue weighted by Crippen LogP contribution is -2.32. The third-order valence-electron chi connectivity index (χ3n) is 7.38. The number of nitrogens with zero attached hydrogens (tertiary/aromatic N) is 5. The average Bonchev–Trinajstić information content (AvgIpc) is 3.40. The molecule has 0 fully saturated rings. The van der Waals surface area contributed by atoms with E-state index in [-0.39, 0.29) is 17.4 Å². The first-order valence-corrected chi connectivity index (χ1v) is 13.3. The SMILES string of the molecule is CCC(c1nnnn1Cc1ccc(F)cc1)N(Cc1ccc(OC)cc1)Cc1cc2cc(C)c(C)cc2[nH]c1=O. The molecule has 8 nitrogen and oxygen atoms in total. The van der Waals surface area contributed by atoms with Crippen LogP contribution in [-0.4, -0.2) is 37.2 Å². The number of ether oxygens (including phenoxy) is 1. The molecule has 0 spiro atoms. The van der Waals surface area contributed by atoms with E-state index in [0.717, 1.165) is 33.3 Å². The predicted molar refractivity (Wildman–Crippen MR) is 153 cm³/mol. The molecular formula is C31H33FN6O2. The predicted octanol–water partition coefficient (Wildman–Crippen LogP) is 5.48. The summed E-state index contributed by atoms with van der Waals surface area (Å²) < 4.78 is 20.6. The second kappa shape index (κ2) is 11.8. The molecule has 3 aromatic carbocycles. The van der Waals surface area contributed by atoms with Crippen LogP contribution in [0.2, 0.25) is 0 Å². The maximum Gasteiger partial charge on any atom is 0.252 e. The molecule has 206 valence electrons. The summed E-state index contributed by atoms with van der Waals surface area (Å²) in [5, 5.41) is 13.6. The second-order valence-electron chi connectivity index (χ2n) is 10.1. The van der Waals surface area contributed by atoms with Crippen molar-refractivity contribution in [1.29, 1.82) is 0 Å². The number of fused-ring (bicyclic) bond motifs is 1. The van der Waals surface area contributed by atoms with Gasteiger partial charge in [0.15, 0.2) is 5.82 Å². The van der Waals surface area contributed by atoms with E-state index in [4.69, 9.17) is 4.74 Å². The van der Waals surface area contributed by atoms with Crippen molar-refractivity contribution in [2.75, 3.05) is 7.11 Å². The highest BCUT2D eigenvalue weighted by molar-refractivity contribution is 5.80. The van der Waals surface area contributed by atoms with Gasteiger partial charge in [0.2, 0.25) is 0 Å². The van der Waals surface area contributed by atoms with Gasteiger partial charge in [0, 0.05) is 24.2 Å². The standard InChI is InChI=1S/C31H33FN6O2/c1-5-29(30-34-35-36-38(30)18-23-6-10-26(32)11-7-23)37(17-22-8-12-27(40-4)13-9-22)19-25-16-24-14-20(2)21(3)15-28(24)33-31(25)39/h6-16,29H,5,17-19H2,1-4H3,(H,33,39). The molecule has 0 radical (unpaired) electrons. The molecule has 1 N–H and O–H groups in total. The number of tetrazole rings is 1. The number of H-pyrrole nitrogens is 1. The van der Waals surface area contributed by atoms with Crippen LogP contribution in [0.15, 0.2) is 71.5 Å². The molecule has 0 aliphatic carbocycles. The highest BCUT2D eigenvalue weighted by Crippen LogP contribution is 2.28. The number of pyridine rings is 1. The van der Waals surface area contributed by atoms with Gasteiger partial charge in [-0.15, -0.1) is 5.10 Å². The Kier molecular flexibility index (Phi) is 8.02. The van der Waals surface area contributed by atoms with E-state index in [0.29, 0.717) is 37.4 Å². The molecule has 2 aromatic heterocycles. The highest BCUT2D eigenvalue weighted by atomic mass is 19.1. The van der Waals surface area contributed by atoms with Crippen LogP contribution in [0.25, 0.3) is 10.9 Å². The third-order valence-corrected chi connectivity index (χ3v) is 7.38. The third kappa shape index (κ3) is 5.94. The summed E-state index contributed by atoms with van der Waals surface area (Å²) in [5.74, 6) is 1.18. The molecule has 0 saturated carbocycles. The maximum atomic E-state index is 13.5. The summed E-state index contributed by atoms with van der Waals surface area (Å²) in [4.78, 5) is 18.6. The first kappa shape index (κ1) is 27.2. The summed E-state index contributed by atoms with van der Waals surface area (Å²) in [5.41, 5.74) is 5.65. The number of halogens is 1. The van der Waals surface area contributed by atoms with Crippen LogP contribution in [0.1, 0.15) is 53.0 Å². The number of aromatic amines is 1. The van der Waals surface area contributed by atoms with E-state index < -0.39 is 0 Å². The number of hydrogen-bond acceptors (Lipinski definition) is 6. The van der Waals surface area contributed by atoms with Gasteiger partial charge in [-0.25, -0.2) is 9.07 Å². The lowest BCUT2D eigenvalue weighted by Gasteiger charge is -2.30. The number of methoxy groups -OCH3 is 1. The summed E-state index contributed by atoms with van der Waals surface area (Å²) in [7, 11) is 1.64. The lowest BCUT2D eigenvalue weighted by atomic mass is 10.0. The van der Waals surface area contributed by atoms with Crippen molar-refractivity contribution in [3.8, 4) is 5.75 Å². The Morgan fingerprint density at radius 3 is 2.38 bits per heavy atom. The summed E-state index contributed by atoms with van der Waals surface area (Å²) in [6.45, 7) is 7.57. The summed E-state index contributed by atoms with van der Waals surface area (Å²) in [6, 6.07) is 20.2. The molecule has 5 rings (SSSR count). The van der Waals surface area contributed by atoms with E-state index in [1.54, 1.807) is 23.9 Å². The van der Waals surface area contributed by atoms with Gasteiger partial charge in [-0.3, -0.25) is 9.69 Å². The Labute approximate surface area is 232 Å². The molecule has 9 heteroatoms.